The Morgan fingerprint density at radius 3 is 2.75 bits per heavy atom. The van der Waals surface area contributed by atoms with Gasteiger partial charge in [-0.25, -0.2) is 4.98 Å². The molecule has 0 aliphatic carbocycles. The monoisotopic (exact) mass is 295 g/mol. The Bertz CT molecular complexity index is 416. The zero-order chi connectivity index (χ0) is 14.6. The number of nitrogens with zero attached hydrogens (tertiary/aromatic N) is 2. The molecule has 1 atom stereocenters. The van der Waals surface area contributed by atoms with Crippen molar-refractivity contribution in [3.05, 3.63) is 16.1 Å². The summed E-state index contributed by atoms with van der Waals surface area (Å²) in [6.45, 7) is 13.5. The van der Waals surface area contributed by atoms with Gasteiger partial charge in [0.05, 0.1) is 11.2 Å². The third kappa shape index (κ3) is 3.41. The van der Waals surface area contributed by atoms with Gasteiger partial charge in [-0.05, 0) is 44.8 Å². The minimum Gasteiger partial charge on any atom is -0.306 e. The molecule has 1 aromatic heterocycles. The zero-order valence-corrected chi connectivity index (χ0v) is 14.2. The second-order valence-corrected chi connectivity index (χ2v) is 6.99. The molecule has 1 aliphatic rings. The van der Waals surface area contributed by atoms with Crippen molar-refractivity contribution in [3.8, 4) is 0 Å². The van der Waals surface area contributed by atoms with Crippen LogP contribution < -0.4 is 5.32 Å². The van der Waals surface area contributed by atoms with Crippen molar-refractivity contribution in [2.75, 3.05) is 26.2 Å². The summed E-state index contributed by atoms with van der Waals surface area (Å²) >= 11 is 1.85. The number of thiazole rings is 1. The molecule has 1 fully saturated rings. The fourth-order valence-electron chi connectivity index (χ4n) is 3.08. The van der Waals surface area contributed by atoms with Crippen LogP contribution in [-0.2, 0) is 5.54 Å². The lowest BCUT2D eigenvalue weighted by molar-refractivity contribution is 0.266. The van der Waals surface area contributed by atoms with Gasteiger partial charge in [0.2, 0.25) is 0 Å². The Labute approximate surface area is 127 Å². The number of hydrogen-bond acceptors (Lipinski definition) is 4. The summed E-state index contributed by atoms with van der Waals surface area (Å²) in [5.41, 5.74) is 1.36. The average molecular weight is 295 g/mol. The quantitative estimate of drug-likeness (QED) is 0.900. The first-order valence-corrected chi connectivity index (χ1v) is 8.92. The smallest absolute Gasteiger partial charge is 0.113 e. The lowest BCUT2D eigenvalue weighted by Gasteiger charge is -2.32. The van der Waals surface area contributed by atoms with Crippen LogP contribution in [-0.4, -0.2) is 36.1 Å². The van der Waals surface area contributed by atoms with E-state index in [1.54, 1.807) is 0 Å². The van der Waals surface area contributed by atoms with Gasteiger partial charge in [-0.3, -0.25) is 0 Å². The molecule has 4 heteroatoms. The van der Waals surface area contributed by atoms with E-state index in [1.807, 2.05) is 11.3 Å². The maximum absolute atomic E-state index is 4.95. The first-order valence-electron chi connectivity index (χ1n) is 8.04. The second-order valence-electron chi connectivity index (χ2n) is 6.13. The van der Waals surface area contributed by atoms with Gasteiger partial charge in [0.15, 0.2) is 0 Å². The van der Waals surface area contributed by atoms with E-state index >= 15 is 0 Å². The summed E-state index contributed by atoms with van der Waals surface area (Å²) in [6, 6.07) is 0. The zero-order valence-electron chi connectivity index (χ0n) is 13.4. The van der Waals surface area contributed by atoms with Crippen LogP contribution in [0.15, 0.2) is 5.38 Å². The largest absolute Gasteiger partial charge is 0.306 e. The highest BCUT2D eigenvalue weighted by molar-refractivity contribution is 7.09. The molecule has 0 saturated carbocycles. The fourth-order valence-corrected chi connectivity index (χ4v) is 4.30. The highest BCUT2D eigenvalue weighted by Crippen LogP contribution is 2.35. The van der Waals surface area contributed by atoms with Crippen LogP contribution in [0.25, 0.3) is 0 Å². The highest BCUT2D eigenvalue weighted by atomic mass is 32.1. The van der Waals surface area contributed by atoms with Crippen LogP contribution in [0.1, 0.15) is 63.6 Å². The molecule has 114 valence electrons. The molecule has 0 radical (unpaired) electrons. The van der Waals surface area contributed by atoms with E-state index in [2.05, 4.69) is 43.3 Å². The topological polar surface area (TPSA) is 28.2 Å². The average Bonchev–Trinajstić information content (AvgIpc) is 2.84. The summed E-state index contributed by atoms with van der Waals surface area (Å²) < 4.78 is 0. The van der Waals surface area contributed by atoms with E-state index in [9.17, 15) is 0 Å². The molecular formula is C16H29N3S. The van der Waals surface area contributed by atoms with Gasteiger partial charge in [0.25, 0.3) is 0 Å². The van der Waals surface area contributed by atoms with Crippen LogP contribution in [0.4, 0.5) is 0 Å². The minimum atomic E-state index is 0.108. The van der Waals surface area contributed by atoms with Gasteiger partial charge in [0, 0.05) is 11.9 Å². The molecule has 0 aromatic carbocycles. The van der Waals surface area contributed by atoms with Gasteiger partial charge in [-0.2, -0.15) is 0 Å². The van der Waals surface area contributed by atoms with Gasteiger partial charge < -0.3 is 10.2 Å². The Morgan fingerprint density at radius 2 is 2.15 bits per heavy atom. The molecule has 0 amide bonds. The molecule has 1 unspecified atom stereocenters. The minimum absolute atomic E-state index is 0.108. The summed E-state index contributed by atoms with van der Waals surface area (Å²) in [5.74, 6) is 0.525. The van der Waals surface area contributed by atoms with Crippen LogP contribution in [0.5, 0.6) is 0 Å². The fraction of sp³-hybridized carbons (Fsp3) is 0.812. The van der Waals surface area contributed by atoms with E-state index in [1.165, 1.54) is 43.1 Å². The third-order valence-electron chi connectivity index (χ3n) is 4.42. The van der Waals surface area contributed by atoms with E-state index in [-0.39, 0.29) is 5.54 Å². The number of nitrogens with one attached hydrogen (secondary N) is 1. The Balaban J connectivity index is 2.23. The molecule has 1 aromatic rings. The molecular weight excluding hydrogens is 266 g/mol. The first kappa shape index (κ1) is 15.9. The maximum atomic E-state index is 4.95. The van der Waals surface area contributed by atoms with Crippen molar-refractivity contribution < 1.29 is 0 Å². The third-order valence-corrected chi connectivity index (χ3v) is 5.48. The number of likely N-dealkylation sites (tertiary alicyclic amines) is 1. The van der Waals surface area contributed by atoms with Crippen LogP contribution in [0.2, 0.25) is 0 Å². The molecule has 1 N–H and O–H groups in total. The van der Waals surface area contributed by atoms with Gasteiger partial charge in [-0.1, -0.05) is 27.7 Å². The summed E-state index contributed by atoms with van der Waals surface area (Å²) in [7, 11) is 0. The van der Waals surface area contributed by atoms with Crippen LogP contribution in [0.3, 0.4) is 0 Å². The standard InChI is InChI=1S/C16H29N3S/c1-5-17-16(8-7-10-19(6-2)11-9-16)15-18-14(12-20-15)13(3)4/h12-13,17H,5-11H2,1-4H3. The first-order chi connectivity index (χ1) is 9.61. The van der Waals surface area contributed by atoms with Crippen LogP contribution >= 0.6 is 11.3 Å². The van der Waals surface area contributed by atoms with Crippen molar-refractivity contribution >= 4 is 11.3 Å². The van der Waals surface area contributed by atoms with E-state index < -0.39 is 0 Å². The Hall–Kier alpha value is -0.450. The molecule has 20 heavy (non-hydrogen) atoms. The molecule has 2 rings (SSSR count). The van der Waals surface area contributed by atoms with Gasteiger partial charge in [0.1, 0.15) is 5.01 Å². The van der Waals surface area contributed by atoms with Crippen molar-refractivity contribution in [2.24, 2.45) is 0 Å². The summed E-state index contributed by atoms with van der Waals surface area (Å²) in [6.07, 6.45) is 3.65. The maximum Gasteiger partial charge on any atom is 0.113 e. The molecule has 0 spiro atoms. The molecule has 0 bridgehead atoms. The predicted octanol–water partition coefficient (Wildman–Crippen LogP) is 3.58. The summed E-state index contributed by atoms with van der Waals surface area (Å²) in [5, 5.41) is 7.33. The number of aromatic nitrogens is 1. The van der Waals surface area contributed by atoms with E-state index in [0.29, 0.717) is 5.92 Å². The normalized spacial score (nSPS) is 25.1. The lowest BCUT2D eigenvalue weighted by atomic mass is 9.91. The second kappa shape index (κ2) is 7.01. The molecule has 3 nitrogen and oxygen atoms in total. The van der Waals surface area contributed by atoms with Crippen molar-refractivity contribution in [2.45, 2.75) is 58.4 Å². The molecule has 1 saturated heterocycles. The Kier molecular flexibility index (Phi) is 5.58. The molecule has 1 aliphatic heterocycles. The van der Waals surface area contributed by atoms with Crippen LogP contribution in [0, 0.1) is 0 Å². The number of hydrogen-bond donors (Lipinski definition) is 1. The van der Waals surface area contributed by atoms with E-state index in [0.717, 1.165) is 13.1 Å². The predicted molar refractivity (Wildman–Crippen MR) is 87.5 cm³/mol. The van der Waals surface area contributed by atoms with Crippen molar-refractivity contribution in [1.82, 2.24) is 15.2 Å². The highest BCUT2D eigenvalue weighted by Gasteiger charge is 2.36. The van der Waals surface area contributed by atoms with Crippen molar-refractivity contribution in [1.29, 1.82) is 0 Å². The number of rotatable bonds is 5. The summed E-state index contributed by atoms with van der Waals surface area (Å²) in [4.78, 5) is 7.52. The van der Waals surface area contributed by atoms with Gasteiger partial charge in [-0.15, -0.1) is 11.3 Å². The molecule has 2 heterocycles. The SMILES string of the molecule is CCNC1(c2nc(C(C)C)cs2)CCCN(CC)CC1. The Morgan fingerprint density at radius 1 is 1.35 bits per heavy atom. The van der Waals surface area contributed by atoms with Crippen molar-refractivity contribution in [3.63, 3.8) is 0 Å². The van der Waals surface area contributed by atoms with E-state index in [4.69, 9.17) is 4.98 Å². The lowest BCUT2D eigenvalue weighted by Crippen LogP contribution is -2.43. The van der Waals surface area contributed by atoms with Gasteiger partial charge >= 0.3 is 0 Å².